The van der Waals surface area contributed by atoms with Crippen molar-refractivity contribution in [1.29, 1.82) is 0 Å². The summed E-state index contributed by atoms with van der Waals surface area (Å²) in [6, 6.07) is 8.56. The minimum atomic E-state index is -0.144. The Morgan fingerprint density at radius 2 is 2.04 bits per heavy atom. The summed E-state index contributed by atoms with van der Waals surface area (Å²) in [4.78, 5) is 25.7. The molecule has 0 bridgehead atoms. The molecule has 2 aromatic rings. The van der Waals surface area contributed by atoms with E-state index in [2.05, 4.69) is 25.1 Å². The summed E-state index contributed by atoms with van der Waals surface area (Å²) in [5.41, 5.74) is 0.911. The highest BCUT2D eigenvalue weighted by atomic mass is 16.5. The molecule has 0 fully saturated rings. The fourth-order valence-electron chi connectivity index (χ4n) is 2.91. The Hall–Kier alpha value is -2.89. The number of amides is 1. The highest BCUT2D eigenvalue weighted by Crippen LogP contribution is 2.21. The largest absolute Gasteiger partial charge is 0.486 e. The van der Waals surface area contributed by atoms with E-state index in [0.717, 1.165) is 0 Å². The van der Waals surface area contributed by atoms with E-state index in [1.807, 2.05) is 6.08 Å². The smallest absolute Gasteiger partial charge is 0.276 e. The van der Waals surface area contributed by atoms with E-state index in [1.165, 1.54) is 6.92 Å². The number of aromatic nitrogens is 1. The van der Waals surface area contributed by atoms with Gasteiger partial charge in [-0.2, -0.15) is 0 Å². The van der Waals surface area contributed by atoms with Gasteiger partial charge in [0.25, 0.3) is 5.91 Å². The summed E-state index contributed by atoms with van der Waals surface area (Å²) in [7, 11) is 0. The van der Waals surface area contributed by atoms with Crippen LogP contribution in [0.15, 0.2) is 47.0 Å². The minimum absolute atomic E-state index is 0.00560. The second kappa shape index (κ2) is 7.56. The minimum Gasteiger partial charge on any atom is -0.486 e. The summed E-state index contributed by atoms with van der Waals surface area (Å²) in [5, 5.41) is 3.89. The highest BCUT2D eigenvalue weighted by Gasteiger charge is 2.29. The SMILES string of the molecule is CC(=O)c1ccc(OCc2cc(C(=O)N3CC=C[C@H]3C(C)C)no2)cc1. The van der Waals surface area contributed by atoms with Crippen molar-refractivity contribution in [3.05, 3.63) is 59.5 Å². The third-order valence-electron chi connectivity index (χ3n) is 4.36. The highest BCUT2D eigenvalue weighted by molar-refractivity contribution is 5.94. The van der Waals surface area contributed by atoms with E-state index < -0.39 is 0 Å². The van der Waals surface area contributed by atoms with Crippen LogP contribution in [0.3, 0.4) is 0 Å². The normalized spacial score (nSPS) is 16.3. The zero-order valence-electron chi connectivity index (χ0n) is 15.1. The maximum atomic E-state index is 12.6. The number of ether oxygens (including phenoxy) is 1. The van der Waals surface area contributed by atoms with Crippen LogP contribution < -0.4 is 4.74 Å². The molecule has 1 atom stereocenters. The molecule has 1 amide bonds. The van der Waals surface area contributed by atoms with Gasteiger partial charge in [-0.3, -0.25) is 9.59 Å². The maximum absolute atomic E-state index is 12.6. The van der Waals surface area contributed by atoms with Crippen molar-refractivity contribution < 1.29 is 18.8 Å². The predicted molar refractivity (Wildman–Crippen MR) is 96.1 cm³/mol. The summed E-state index contributed by atoms with van der Waals surface area (Å²) >= 11 is 0. The van der Waals surface area contributed by atoms with Crippen molar-refractivity contribution in [2.75, 3.05) is 6.54 Å². The molecule has 1 aliphatic heterocycles. The molecule has 0 unspecified atom stereocenters. The van der Waals surface area contributed by atoms with Crippen LogP contribution in [0.4, 0.5) is 0 Å². The summed E-state index contributed by atoms with van der Waals surface area (Å²) < 4.78 is 10.9. The molecule has 0 radical (unpaired) electrons. The first-order valence-corrected chi connectivity index (χ1v) is 8.62. The molecule has 3 rings (SSSR count). The monoisotopic (exact) mass is 354 g/mol. The Labute approximate surface area is 152 Å². The first-order chi connectivity index (χ1) is 12.5. The Morgan fingerprint density at radius 3 is 2.69 bits per heavy atom. The van der Waals surface area contributed by atoms with Gasteiger partial charge in [-0.1, -0.05) is 31.2 Å². The lowest BCUT2D eigenvalue weighted by Gasteiger charge is -2.26. The van der Waals surface area contributed by atoms with Gasteiger partial charge in [-0.25, -0.2) is 0 Å². The second-order valence-corrected chi connectivity index (χ2v) is 6.67. The van der Waals surface area contributed by atoms with Gasteiger partial charge >= 0.3 is 0 Å². The molecule has 1 aromatic carbocycles. The Balaban J connectivity index is 1.61. The lowest BCUT2D eigenvalue weighted by atomic mass is 10.0. The van der Waals surface area contributed by atoms with Crippen LogP contribution in [0.2, 0.25) is 0 Å². The van der Waals surface area contributed by atoms with Gasteiger partial charge in [0.05, 0.1) is 6.04 Å². The molecule has 0 saturated carbocycles. The van der Waals surface area contributed by atoms with Gasteiger partial charge in [0, 0.05) is 18.2 Å². The zero-order chi connectivity index (χ0) is 18.7. The van der Waals surface area contributed by atoms with Crippen molar-refractivity contribution in [1.82, 2.24) is 10.1 Å². The Kier molecular flexibility index (Phi) is 5.21. The average molecular weight is 354 g/mol. The van der Waals surface area contributed by atoms with Crippen LogP contribution in [-0.4, -0.2) is 34.3 Å². The maximum Gasteiger partial charge on any atom is 0.276 e. The van der Waals surface area contributed by atoms with Crippen LogP contribution in [-0.2, 0) is 6.61 Å². The van der Waals surface area contributed by atoms with E-state index >= 15 is 0 Å². The van der Waals surface area contributed by atoms with Gasteiger partial charge in [0.1, 0.15) is 12.4 Å². The molecular weight excluding hydrogens is 332 g/mol. The molecule has 26 heavy (non-hydrogen) atoms. The van der Waals surface area contributed by atoms with Gasteiger partial charge in [0.15, 0.2) is 17.2 Å². The van der Waals surface area contributed by atoms with Crippen LogP contribution in [0.5, 0.6) is 5.75 Å². The molecule has 0 spiro atoms. The fraction of sp³-hybridized carbons (Fsp3) is 0.350. The first-order valence-electron chi connectivity index (χ1n) is 8.62. The van der Waals surface area contributed by atoms with Crippen molar-refractivity contribution in [3.63, 3.8) is 0 Å². The lowest BCUT2D eigenvalue weighted by molar-refractivity contribution is 0.0709. The Morgan fingerprint density at radius 1 is 1.31 bits per heavy atom. The van der Waals surface area contributed by atoms with Gasteiger partial charge in [-0.15, -0.1) is 0 Å². The standard InChI is InChI=1S/C20H22N2O4/c1-13(2)19-5-4-10-22(19)20(24)18-11-17(26-21-18)12-25-16-8-6-15(7-9-16)14(3)23/h4-9,11,13,19H,10,12H2,1-3H3/t19-/m0/s1. The number of hydrogen-bond donors (Lipinski definition) is 0. The average Bonchev–Trinajstić information content (AvgIpc) is 3.29. The third-order valence-corrected chi connectivity index (χ3v) is 4.36. The predicted octanol–water partition coefficient (Wildman–Crippen LogP) is 3.49. The molecule has 2 heterocycles. The number of hydrogen-bond acceptors (Lipinski definition) is 5. The molecule has 1 aromatic heterocycles. The number of ketones is 1. The van der Waals surface area contributed by atoms with Gasteiger partial charge in [-0.05, 0) is 37.1 Å². The fourth-order valence-corrected chi connectivity index (χ4v) is 2.91. The molecular formula is C20H22N2O4. The molecule has 0 aliphatic carbocycles. The van der Waals surface area contributed by atoms with Crippen molar-refractivity contribution in [2.45, 2.75) is 33.4 Å². The topological polar surface area (TPSA) is 72.6 Å². The third kappa shape index (κ3) is 3.85. The molecule has 6 nitrogen and oxygen atoms in total. The number of benzene rings is 1. The van der Waals surface area contributed by atoms with Gasteiger partial charge in [0.2, 0.25) is 0 Å². The summed E-state index contributed by atoms with van der Waals surface area (Å²) in [6.45, 7) is 6.43. The number of carbonyl (C=O) groups excluding carboxylic acids is 2. The van der Waals surface area contributed by atoms with E-state index in [1.54, 1.807) is 35.2 Å². The molecule has 0 N–H and O–H groups in total. The molecule has 1 aliphatic rings. The Bertz CT molecular complexity index is 821. The quantitative estimate of drug-likeness (QED) is 0.586. The van der Waals surface area contributed by atoms with Gasteiger partial charge < -0.3 is 14.2 Å². The number of Topliss-reactive ketones (excluding diaryl/α,β-unsaturated/α-hetero) is 1. The van der Waals surface area contributed by atoms with E-state index in [9.17, 15) is 9.59 Å². The van der Waals surface area contributed by atoms with E-state index in [0.29, 0.717) is 29.5 Å². The first kappa shape index (κ1) is 17.9. The summed E-state index contributed by atoms with van der Waals surface area (Å²) in [5.74, 6) is 1.28. The number of nitrogens with zero attached hydrogens (tertiary/aromatic N) is 2. The molecule has 0 saturated heterocycles. The zero-order valence-corrected chi connectivity index (χ0v) is 15.1. The van der Waals surface area contributed by atoms with E-state index in [-0.39, 0.29) is 30.0 Å². The van der Waals surface area contributed by atoms with Crippen molar-refractivity contribution in [3.8, 4) is 5.75 Å². The van der Waals surface area contributed by atoms with E-state index in [4.69, 9.17) is 9.26 Å². The second-order valence-electron chi connectivity index (χ2n) is 6.67. The summed E-state index contributed by atoms with van der Waals surface area (Å²) in [6.07, 6.45) is 4.05. The van der Waals surface area contributed by atoms with Crippen molar-refractivity contribution >= 4 is 11.7 Å². The van der Waals surface area contributed by atoms with Crippen LogP contribution >= 0.6 is 0 Å². The number of rotatable bonds is 6. The number of carbonyl (C=O) groups is 2. The molecule has 6 heteroatoms. The lowest BCUT2D eigenvalue weighted by Crippen LogP contribution is -2.39. The van der Waals surface area contributed by atoms with Crippen LogP contribution in [0.1, 0.15) is 47.4 Å². The van der Waals surface area contributed by atoms with Crippen LogP contribution in [0.25, 0.3) is 0 Å². The molecule has 136 valence electrons. The van der Waals surface area contributed by atoms with Crippen molar-refractivity contribution in [2.24, 2.45) is 5.92 Å². The van der Waals surface area contributed by atoms with Crippen LogP contribution in [0, 0.1) is 5.92 Å².